The predicted molar refractivity (Wildman–Crippen MR) is 165 cm³/mol. The quantitative estimate of drug-likeness (QED) is 0.165. The van der Waals surface area contributed by atoms with Crippen LogP contribution >= 0.6 is 11.6 Å². The topological polar surface area (TPSA) is 92.3 Å². The number of ether oxygens (including phenoxy) is 4. The lowest BCUT2D eigenvalue weighted by Crippen LogP contribution is -2.70. The number of benzene rings is 2. The minimum absolute atomic E-state index is 0.168. The molecule has 2 bridgehead atoms. The van der Waals surface area contributed by atoms with Crippen LogP contribution in [0.15, 0.2) is 36.4 Å². The van der Waals surface area contributed by atoms with Gasteiger partial charge in [-0.2, -0.15) is 0 Å². The minimum Gasteiger partial charge on any atom is -0.497 e. The van der Waals surface area contributed by atoms with Crippen molar-refractivity contribution < 1.29 is 28.7 Å². The van der Waals surface area contributed by atoms with Gasteiger partial charge < -0.3 is 29.6 Å². The molecule has 2 aromatic carbocycles. The van der Waals surface area contributed by atoms with E-state index in [2.05, 4.69) is 24.5 Å². The van der Waals surface area contributed by atoms with E-state index in [1.807, 2.05) is 43.3 Å². The zero-order valence-corrected chi connectivity index (χ0v) is 26.1. The van der Waals surface area contributed by atoms with Crippen LogP contribution in [0.1, 0.15) is 46.5 Å². The summed E-state index contributed by atoms with van der Waals surface area (Å²) >= 11 is 6.27. The number of methoxy groups -OCH3 is 1. The van der Waals surface area contributed by atoms with E-state index in [1.54, 1.807) is 7.11 Å². The van der Waals surface area contributed by atoms with E-state index in [4.69, 9.17) is 45.3 Å². The summed E-state index contributed by atoms with van der Waals surface area (Å²) in [4.78, 5) is 17.0. The molecule has 5 fully saturated rings. The third-order valence-corrected chi connectivity index (χ3v) is 10.4. The number of nitrogens with one attached hydrogen (secondary N) is 2. The average Bonchev–Trinajstić information content (AvgIpc) is 3.23. The highest BCUT2D eigenvalue weighted by atomic mass is 35.5. The van der Waals surface area contributed by atoms with Gasteiger partial charge in [0.25, 0.3) is 0 Å². The lowest BCUT2D eigenvalue weighted by atomic mass is 9.58. The van der Waals surface area contributed by atoms with Crippen LogP contribution in [0, 0.1) is 23.7 Å². The largest absolute Gasteiger partial charge is 0.497 e. The number of halogens is 1. The van der Waals surface area contributed by atoms with Gasteiger partial charge in [0, 0.05) is 53.7 Å². The van der Waals surface area contributed by atoms with Crippen LogP contribution in [0.2, 0.25) is 5.02 Å². The van der Waals surface area contributed by atoms with Crippen molar-refractivity contribution in [2.45, 2.75) is 70.4 Å². The number of fused-ring (bicyclic) bond motifs is 4. The van der Waals surface area contributed by atoms with Crippen LogP contribution in [-0.4, -0.2) is 62.3 Å². The van der Waals surface area contributed by atoms with Crippen molar-refractivity contribution in [2.75, 3.05) is 38.7 Å². The van der Waals surface area contributed by atoms with Crippen LogP contribution < -0.4 is 15.4 Å². The van der Waals surface area contributed by atoms with Gasteiger partial charge in [-0.15, -0.1) is 0 Å². The van der Waals surface area contributed by atoms with E-state index < -0.39 is 17.7 Å². The first-order valence-electron chi connectivity index (χ1n) is 15.6. The normalized spacial score (nSPS) is 35.1. The molecule has 8 rings (SSSR count). The van der Waals surface area contributed by atoms with Crippen molar-refractivity contribution in [1.82, 2.24) is 10.3 Å². The molecule has 1 aromatic heterocycles. The molecule has 0 unspecified atom stereocenters. The Morgan fingerprint density at radius 1 is 0.977 bits per heavy atom. The molecule has 10 heteroatoms. The van der Waals surface area contributed by atoms with E-state index in [9.17, 15) is 0 Å². The van der Waals surface area contributed by atoms with Crippen molar-refractivity contribution in [3.8, 4) is 5.75 Å². The summed E-state index contributed by atoms with van der Waals surface area (Å²) in [5.41, 5.74) is 2.20. The fourth-order valence-corrected chi connectivity index (χ4v) is 8.09. The maximum absolute atomic E-state index is 6.54. The fourth-order valence-electron chi connectivity index (χ4n) is 7.92. The second kappa shape index (κ2) is 11.6. The predicted octanol–water partition coefficient (Wildman–Crippen LogP) is 6.28. The van der Waals surface area contributed by atoms with Crippen LogP contribution in [0.3, 0.4) is 0 Å². The highest BCUT2D eigenvalue weighted by Crippen LogP contribution is 2.60. The monoisotopic (exact) mass is 611 g/mol. The first-order chi connectivity index (χ1) is 20.8. The van der Waals surface area contributed by atoms with E-state index in [0.29, 0.717) is 30.0 Å². The Hall–Kier alpha value is -2.24. The van der Waals surface area contributed by atoms with Crippen molar-refractivity contribution in [3.05, 3.63) is 41.4 Å². The van der Waals surface area contributed by atoms with Gasteiger partial charge in [-0.3, -0.25) is 0 Å². The lowest BCUT2D eigenvalue weighted by molar-refractivity contribution is -0.577. The van der Waals surface area contributed by atoms with E-state index in [-0.39, 0.29) is 18.1 Å². The molecule has 4 aliphatic heterocycles. The number of pyridine rings is 1. The molecule has 0 radical (unpaired) electrons. The first kappa shape index (κ1) is 29.5. The molecule has 1 saturated carbocycles. The van der Waals surface area contributed by atoms with Crippen LogP contribution in [0.4, 0.5) is 5.69 Å². The van der Waals surface area contributed by atoms with E-state index in [1.165, 1.54) is 6.42 Å². The summed E-state index contributed by atoms with van der Waals surface area (Å²) in [7, 11) is 1.67. The number of aromatic nitrogens is 1. The third-order valence-electron chi connectivity index (χ3n) is 10.2. The number of anilines is 1. The molecule has 9 nitrogen and oxygen atoms in total. The molecule has 5 aliphatic rings. The minimum atomic E-state index is -0.778. The maximum atomic E-state index is 6.54. The Balaban J connectivity index is 0.961. The summed E-state index contributed by atoms with van der Waals surface area (Å²) in [6.07, 6.45) is 3.23. The highest BCUT2D eigenvalue weighted by molar-refractivity contribution is 6.31. The molecule has 232 valence electrons. The second-order valence-corrected chi connectivity index (χ2v) is 13.3. The smallest absolute Gasteiger partial charge is 0.201 e. The van der Waals surface area contributed by atoms with Gasteiger partial charge >= 0.3 is 0 Å². The average molecular weight is 612 g/mol. The summed E-state index contributed by atoms with van der Waals surface area (Å²) < 4.78 is 24.8. The zero-order valence-electron chi connectivity index (χ0n) is 25.4. The van der Waals surface area contributed by atoms with Crippen LogP contribution in [-0.2, 0) is 24.0 Å². The van der Waals surface area contributed by atoms with Crippen molar-refractivity contribution in [1.29, 1.82) is 0 Å². The zero-order chi connectivity index (χ0) is 29.8. The Morgan fingerprint density at radius 2 is 1.86 bits per heavy atom. The van der Waals surface area contributed by atoms with Crippen LogP contribution in [0.5, 0.6) is 5.75 Å². The molecular formula is C33H42ClN3O6. The molecule has 2 N–H and O–H groups in total. The molecule has 3 aromatic rings. The Labute approximate surface area is 257 Å². The summed E-state index contributed by atoms with van der Waals surface area (Å²) in [5, 5.41) is 9.82. The number of hydrogen-bond acceptors (Lipinski definition) is 9. The Morgan fingerprint density at radius 3 is 2.72 bits per heavy atom. The Bertz CT molecular complexity index is 1490. The molecule has 0 amide bonds. The first-order valence-corrected chi connectivity index (χ1v) is 16.0. The van der Waals surface area contributed by atoms with Crippen molar-refractivity contribution >= 4 is 39.1 Å². The van der Waals surface area contributed by atoms with E-state index in [0.717, 1.165) is 65.6 Å². The van der Waals surface area contributed by atoms with Gasteiger partial charge in [-0.1, -0.05) is 25.4 Å². The molecule has 1 aliphatic carbocycles. The van der Waals surface area contributed by atoms with Crippen molar-refractivity contribution in [3.63, 3.8) is 0 Å². The molecule has 43 heavy (non-hydrogen) atoms. The Kier molecular flexibility index (Phi) is 7.95. The molecule has 5 heterocycles. The van der Waals surface area contributed by atoms with Gasteiger partial charge in [-0.05, 0) is 74.4 Å². The summed E-state index contributed by atoms with van der Waals surface area (Å²) in [6.45, 7) is 9.22. The number of hydrogen-bond donors (Lipinski definition) is 2. The third kappa shape index (κ3) is 5.17. The van der Waals surface area contributed by atoms with Crippen molar-refractivity contribution in [2.24, 2.45) is 23.7 Å². The van der Waals surface area contributed by atoms with Gasteiger partial charge in [0.1, 0.15) is 5.75 Å². The van der Waals surface area contributed by atoms with Gasteiger partial charge in [0.05, 0.1) is 30.4 Å². The second-order valence-electron chi connectivity index (χ2n) is 12.9. The van der Waals surface area contributed by atoms with Crippen LogP contribution in [0.25, 0.3) is 21.8 Å². The number of rotatable bonds is 9. The molecule has 4 saturated heterocycles. The molecule has 8 atom stereocenters. The summed E-state index contributed by atoms with van der Waals surface area (Å²) in [6, 6.07) is 11.7. The molecule has 1 spiro atoms. The lowest BCUT2D eigenvalue weighted by Gasteiger charge is -2.60. The number of nitrogens with zero attached hydrogens (tertiary/aromatic N) is 1. The maximum Gasteiger partial charge on any atom is 0.201 e. The van der Waals surface area contributed by atoms with Gasteiger partial charge in [0.15, 0.2) is 18.2 Å². The SMILES string of the molecule is COc1ccc2nc3cc(Cl)ccc3c(NCCNCCO[C@H]3O[C@@H]4O[C@]5(C)CC[C@H]6[C@H](C)CC[C@@H]([C@H]3C)[C@@]46OO5)c2c1. The fraction of sp³-hybridized carbons (Fsp3) is 0.606. The standard InChI is InChI=1S/C33H42ClN3O6/c1-19-5-9-26-20(2)30(40-31-33(26)25(19)11-12-32(3,41-31)42-43-33)39-16-15-35-13-14-36-29-23-8-6-21(34)17-28(23)37-27-10-7-22(38-4)18-24(27)29/h6-8,10,17-20,25-26,30-31,35H,5,9,11-16H2,1-4H3,(H,36,37)/t19-,20-,25+,26+,30+,31-,32+,33-/m1/s1. The van der Waals surface area contributed by atoms with E-state index >= 15 is 0 Å². The van der Waals surface area contributed by atoms with Gasteiger partial charge in [-0.25, -0.2) is 14.8 Å². The molecular weight excluding hydrogens is 570 g/mol. The summed E-state index contributed by atoms with van der Waals surface area (Å²) in [5.74, 6) is 1.34. The highest BCUT2D eigenvalue weighted by Gasteiger charge is 2.69. The van der Waals surface area contributed by atoms with Gasteiger partial charge in [0.2, 0.25) is 5.79 Å².